The standard InChI is InChI=1S/C13H13ClF2O5/c14-9-5-11-10(20-2-1-3-21-11)4-8(9)13(15,16)7-19-6-12(17)18/h4-5H,1-3,6-7H2,(H,17,18). The fourth-order valence-corrected chi connectivity index (χ4v) is 2.10. The summed E-state index contributed by atoms with van der Waals surface area (Å²) in [6.07, 6.45) is 0.639. The van der Waals surface area contributed by atoms with E-state index >= 15 is 0 Å². The Morgan fingerprint density at radius 2 is 1.95 bits per heavy atom. The third-order valence-electron chi connectivity index (χ3n) is 2.74. The van der Waals surface area contributed by atoms with Gasteiger partial charge in [0.2, 0.25) is 0 Å². The highest BCUT2D eigenvalue weighted by Crippen LogP contribution is 2.41. The maximum absolute atomic E-state index is 14.0. The number of halogens is 3. The first-order valence-corrected chi connectivity index (χ1v) is 6.55. The summed E-state index contributed by atoms with van der Waals surface area (Å²) in [6.45, 7) is -1.12. The summed E-state index contributed by atoms with van der Waals surface area (Å²) in [7, 11) is 0. The maximum atomic E-state index is 14.0. The summed E-state index contributed by atoms with van der Waals surface area (Å²) in [4.78, 5) is 10.3. The van der Waals surface area contributed by atoms with E-state index in [4.69, 9.17) is 26.2 Å². The predicted molar refractivity (Wildman–Crippen MR) is 69.4 cm³/mol. The lowest BCUT2D eigenvalue weighted by atomic mass is 10.1. The van der Waals surface area contributed by atoms with Gasteiger partial charge >= 0.3 is 5.97 Å². The summed E-state index contributed by atoms with van der Waals surface area (Å²) in [5.74, 6) is -4.26. The van der Waals surface area contributed by atoms with Gasteiger partial charge in [0.15, 0.2) is 11.5 Å². The van der Waals surface area contributed by atoms with Crippen LogP contribution in [0.5, 0.6) is 11.5 Å². The Kier molecular flexibility index (Phi) is 4.84. The van der Waals surface area contributed by atoms with Crippen LogP contribution in [0.1, 0.15) is 12.0 Å². The monoisotopic (exact) mass is 322 g/mol. The van der Waals surface area contributed by atoms with Gasteiger partial charge in [0.1, 0.15) is 13.2 Å². The molecule has 0 amide bonds. The highest BCUT2D eigenvalue weighted by Gasteiger charge is 2.36. The molecule has 1 heterocycles. The van der Waals surface area contributed by atoms with Crippen LogP contribution in [0, 0.1) is 0 Å². The van der Waals surface area contributed by atoms with Gasteiger partial charge in [-0.1, -0.05) is 11.6 Å². The minimum atomic E-state index is -3.43. The molecule has 116 valence electrons. The Hall–Kier alpha value is -1.60. The fraction of sp³-hybridized carbons (Fsp3) is 0.462. The minimum Gasteiger partial charge on any atom is -0.490 e. The van der Waals surface area contributed by atoms with E-state index in [2.05, 4.69) is 4.74 Å². The Bertz CT molecular complexity index is 536. The van der Waals surface area contributed by atoms with E-state index < -0.39 is 30.7 Å². The molecule has 1 aliphatic heterocycles. The number of hydrogen-bond donors (Lipinski definition) is 1. The first-order valence-electron chi connectivity index (χ1n) is 6.17. The summed E-state index contributed by atoms with van der Waals surface area (Å²) in [5, 5.41) is 8.20. The third-order valence-corrected chi connectivity index (χ3v) is 3.05. The quantitative estimate of drug-likeness (QED) is 0.903. The number of fused-ring (bicyclic) bond motifs is 1. The van der Waals surface area contributed by atoms with Crippen LogP contribution in [0.2, 0.25) is 5.02 Å². The molecule has 0 fully saturated rings. The second-order valence-electron chi connectivity index (χ2n) is 4.42. The van der Waals surface area contributed by atoms with Crippen LogP contribution in [-0.2, 0) is 15.5 Å². The molecule has 0 aliphatic carbocycles. The zero-order valence-electron chi connectivity index (χ0n) is 10.9. The van der Waals surface area contributed by atoms with Crippen molar-refractivity contribution in [3.05, 3.63) is 22.7 Å². The molecule has 21 heavy (non-hydrogen) atoms. The van der Waals surface area contributed by atoms with Crippen molar-refractivity contribution in [2.45, 2.75) is 12.3 Å². The van der Waals surface area contributed by atoms with Crippen molar-refractivity contribution >= 4 is 17.6 Å². The largest absolute Gasteiger partial charge is 0.490 e. The van der Waals surface area contributed by atoms with Crippen molar-refractivity contribution < 1.29 is 32.9 Å². The number of carboxylic acids is 1. The van der Waals surface area contributed by atoms with Gasteiger partial charge in [-0.15, -0.1) is 0 Å². The van der Waals surface area contributed by atoms with Crippen molar-refractivity contribution in [2.75, 3.05) is 26.4 Å². The molecule has 8 heteroatoms. The highest BCUT2D eigenvalue weighted by atomic mass is 35.5. The molecule has 0 bridgehead atoms. The van der Waals surface area contributed by atoms with E-state index in [0.29, 0.717) is 25.4 Å². The van der Waals surface area contributed by atoms with E-state index in [-0.39, 0.29) is 10.8 Å². The molecule has 0 radical (unpaired) electrons. The number of ether oxygens (including phenoxy) is 3. The summed E-state index contributed by atoms with van der Waals surface area (Å²) >= 11 is 5.85. The first kappa shape index (κ1) is 15.8. The van der Waals surface area contributed by atoms with Gasteiger partial charge in [0.05, 0.1) is 18.2 Å². The first-order chi connectivity index (χ1) is 9.90. The predicted octanol–water partition coefficient (Wildman–Crippen LogP) is 2.69. The number of carbonyl (C=O) groups is 1. The second kappa shape index (κ2) is 6.44. The molecule has 0 spiro atoms. The summed E-state index contributed by atoms with van der Waals surface area (Å²) in [5.41, 5.74) is -0.487. The van der Waals surface area contributed by atoms with Crippen LogP contribution < -0.4 is 9.47 Å². The smallest absolute Gasteiger partial charge is 0.329 e. The van der Waals surface area contributed by atoms with Crippen molar-refractivity contribution in [3.8, 4) is 11.5 Å². The summed E-state index contributed by atoms with van der Waals surface area (Å²) < 4.78 is 43.2. The van der Waals surface area contributed by atoms with E-state index in [1.807, 2.05) is 0 Å². The van der Waals surface area contributed by atoms with Crippen LogP contribution in [0.4, 0.5) is 8.78 Å². The molecule has 0 saturated carbocycles. The van der Waals surface area contributed by atoms with E-state index in [9.17, 15) is 13.6 Å². The normalized spacial score (nSPS) is 14.6. The fourth-order valence-electron chi connectivity index (χ4n) is 1.81. The van der Waals surface area contributed by atoms with E-state index in [1.165, 1.54) is 6.07 Å². The van der Waals surface area contributed by atoms with E-state index in [0.717, 1.165) is 6.07 Å². The van der Waals surface area contributed by atoms with Gasteiger partial charge in [-0.05, 0) is 6.07 Å². The van der Waals surface area contributed by atoms with Crippen molar-refractivity contribution in [1.29, 1.82) is 0 Å². The zero-order chi connectivity index (χ0) is 15.5. The Balaban J connectivity index is 2.21. The molecule has 5 nitrogen and oxygen atoms in total. The highest BCUT2D eigenvalue weighted by molar-refractivity contribution is 6.31. The number of benzene rings is 1. The van der Waals surface area contributed by atoms with Gasteiger partial charge in [-0.3, -0.25) is 0 Å². The number of carboxylic acid groups (broad SMARTS) is 1. The van der Waals surface area contributed by atoms with Gasteiger partial charge in [0, 0.05) is 18.1 Å². The van der Waals surface area contributed by atoms with Crippen molar-refractivity contribution in [2.24, 2.45) is 0 Å². The van der Waals surface area contributed by atoms with Gasteiger partial charge in [-0.25, -0.2) is 4.79 Å². The lowest BCUT2D eigenvalue weighted by Gasteiger charge is -2.19. The number of alkyl halides is 2. The minimum absolute atomic E-state index is 0.185. The van der Waals surface area contributed by atoms with Crippen LogP contribution >= 0.6 is 11.6 Å². The molecule has 1 aromatic rings. The maximum Gasteiger partial charge on any atom is 0.329 e. The van der Waals surface area contributed by atoms with Crippen molar-refractivity contribution in [1.82, 2.24) is 0 Å². The SMILES string of the molecule is O=C(O)COCC(F)(F)c1cc2c(cc1Cl)OCCCO2. The molecule has 0 atom stereocenters. The number of aliphatic carboxylic acids is 1. The summed E-state index contributed by atoms with van der Waals surface area (Å²) in [6, 6.07) is 2.37. The van der Waals surface area contributed by atoms with Gasteiger partial charge in [-0.2, -0.15) is 8.78 Å². The van der Waals surface area contributed by atoms with Gasteiger partial charge < -0.3 is 19.3 Å². The van der Waals surface area contributed by atoms with E-state index in [1.54, 1.807) is 0 Å². The topological polar surface area (TPSA) is 65.0 Å². The Labute approximate surface area is 124 Å². The number of rotatable bonds is 5. The van der Waals surface area contributed by atoms with Crippen LogP contribution in [0.25, 0.3) is 0 Å². The average Bonchev–Trinajstić information content (AvgIpc) is 2.61. The number of hydrogen-bond acceptors (Lipinski definition) is 4. The molecular formula is C13H13ClF2O5. The van der Waals surface area contributed by atoms with Crippen LogP contribution in [0.15, 0.2) is 12.1 Å². The molecule has 0 saturated heterocycles. The Morgan fingerprint density at radius 3 is 2.57 bits per heavy atom. The van der Waals surface area contributed by atoms with Gasteiger partial charge in [0.25, 0.3) is 5.92 Å². The lowest BCUT2D eigenvalue weighted by Crippen LogP contribution is -2.24. The third kappa shape index (κ3) is 3.95. The second-order valence-corrected chi connectivity index (χ2v) is 4.83. The van der Waals surface area contributed by atoms with Crippen LogP contribution in [0.3, 0.4) is 0 Å². The molecule has 0 aromatic heterocycles. The molecule has 1 aliphatic rings. The molecule has 0 unspecified atom stereocenters. The average molecular weight is 323 g/mol. The Morgan fingerprint density at radius 1 is 1.33 bits per heavy atom. The van der Waals surface area contributed by atoms with Crippen LogP contribution in [-0.4, -0.2) is 37.5 Å². The molecule has 2 rings (SSSR count). The zero-order valence-corrected chi connectivity index (χ0v) is 11.7. The van der Waals surface area contributed by atoms with Crippen molar-refractivity contribution in [3.63, 3.8) is 0 Å². The molecule has 1 N–H and O–H groups in total. The lowest BCUT2D eigenvalue weighted by molar-refractivity contribution is -0.147. The molecular weight excluding hydrogens is 310 g/mol. The molecule has 1 aromatic carbocycles.